The quantitative estimate of drug-likeness (QED) is 0.430. The lowest BCUT2D eigenvalue weighted by molar-refractivity contribution is -0.138. The van der Waals surface area contributed by atoms with Gasteiger partial charge in [0.05, 0.1) is 5.75 Å². The van der Waals surface area contributed by atoms with E-state index in [1.807, 2.05) is 38.1 Å². The number of nitrogens with one attached hydrogen (secondary N) is 1. The number of hydrogen-bond donors (Lipinski definition) is 1. The summed E-state index contributed by atoms with van der Waals surface area (Å²) in [6.07, 6.45) is 0. The predicted molar refractivity (Wildman–Crippen MR) is 132 cm³/mol. The molecule has 0 saturated carbocycles. The number of rotatable bonds is 10. The lowest BCUT2D eigenvalue weighted by Gasteiger charge is -2.29. The first-order valence-electron chi connectivity index (χ1n) is 10.0. The zero-order valence-electron chi connectivity index (χ0n) is 17.8. The molecule has 2 aromatic rings. The van der Waals surface area contributed by atoms with Crippen molar-refractivity contribution in [3.8, 4) is 0 Å². The lowest BCUT2D eigenvalue weighted by Crippen LogP contribution is -2.48. The summed E-state index contributed by atoms with van der Waals surface area (Å²) >= 11 is 19.8. The van der Waals surface area contributed by atoms with Crippen LogP contribution < -0.4 is 5.32 Å². The van der Waals surface area contributed by atoms with E-state index in [0.29, 0.717) is 33.3 Å². The fourth-order valence-electron chi connectivity index (χ4n) is 2.83. The van der Waals surface area contributed by atoms with Crippen LogP contribution in [0, 0.1) is 5.92 Å². The Hall–Kier alpha value is -1.40. The summed E-state index contributed by atoms with van der Waals surface area (Å²) in [5.41, 5.74) is 1.78. The minimum atomic E-state index is -0.634. The zero-order chi connectivity index (χ0) is 23.0. The fraction of sp³-hybridized carbons (Fsp3) is 0.391. The van der Waals surface area contributed by atoms with E-state index in [2.05, 4.69) is 5.32 Å². The van der Waals surface area contributed by atoms with Gasteiger partial charge in [-0.05, 0) is 48.2 Å². The van der Waals surface area contributed by atoms with Crippen molar-refractivity contribution >= 4 is 58.4 Å². The monoisotopic (exact) mass is 500 g/mol. The summed E-state index contributed by atoms with van der Waals surface area (Å²) in [6.45, 7) is 6.56. The largest absolute Gasteiger partial charge is 0.354 e. The second-order valence-corrected chi connectivity index (χ2v) is 9.96. The number of hydrogen-bond acceptors (Lipinski definition) is 3. The van der Waals surface area contributed by atoms with Crippen molar-refractivity contribution in [1.29, 1.82) is 0 Å². The molecular formula is C23H27Cl3N2O2S. The highest BCUT2D eigenvalue weighted by Crippen LogP contribution is 2.24. The Kier molecular flexibility index (Phi) is 10.5. The van der Waals surface area contributed by atoms with E-state index >= 15 is 0 Å². The van der Waals surface area contributed by atoms with Gasteiger partial charge in [-0.2, -0.15) is 0 Å². The molecule has 0 saturated heterocycles. The number of carbonyl (C=O) groups excluding carboxylic acids is 2. The molecule has 31 heavy (non-hydrogen) atoms. The normalized spacial score (nSPS) is 12.0. The van der Waals surface area contributed by atoms with Crippen LogP contribution in [0.1, 0.15) is 31.9 Å². The first-order valence-corrected chi connectivity index (χ1v) is 12.3. The average Bonchev–Trinajstić information content (AvgIpc) is 2.71. The summed E-state index contributed by atoms with van der Waals surface area (Å²) in [6, 6.07) is 12.1. The molecule has 2 amide bonds. The third kappa shape index (κ3) is 8.57. The Morgan fingerprint density at radius 3 is 2.39 bits per heavy atom. The first-order chi connectivity index (χ1) is 14.7. The zero-order valence-corrected chi connectivity index (χ0v) is 20.9. The smallest absolute Gasteiger partial charge is 0.242 e. The van der Waals surface area contributed by atoms with Gasteiger partial charge in [0.2, 0.25) is 11.8 Å². The van der Waals surface area contributed by atoms with Crippen LogP contribution in [0.25, 0.3) is 0 Å². The second-order valence-electron chi connectivity index (χ2n) is 7.70. The van der Waals surface area contributed by atoms with Gasteiger partial charge >= 0.3 is 0 Å². The molecule has 0 unspecified atom stereocenters. The van der Waals surface area contributed by atoms with Crippen molar-refractivity contribution in [3.63, 3.8) is 0 Å². The molecule has 0 aliphatic rings. The van der Waals surface area contributed by atoms with Crippen molar-refractivity contribution in [3.05, 3.63) is 68.7 Å². The number of amides is 2. The van der Waals surface area contributed by atoms with E-state index < -0.39 is 6.04 Å². The fourth-order valence-corrected chi connectivity index (χ4v) is 4.37. The highest BCUT2D eigenvalue weighted by atomic mass is 35.5. The van der Waals surface area contributed by atoms with Crippen LogP contribution in [-0.2, 0) is 21.9 Å². The predicted octanol–water partition coefficient (Wildman–Crippen LogP) is 6.07. The molecular weight excluding hydrogens is 475 g/mol. The molecule has 0 aromatic heterocycles. The topological polar surface area (TPSA) is 49.4 Å². The van der Waals surface area contributed by atoms with Crippen LogP contribution >= 0.6 is 46.6 Å². The molecule has 1 N–H and O–H groups in total. The van der Waals surface area contributed by atoms with Crippen molar-refractivity contribution < 1.29 is 9.59 Å². The van der Waals surface area contributed by atoms with Gasteiger partial charge in [0.25, 0.3) is 0 Å². The number of carbonyl (C=O) groups is 2. The van der Waals surface area contributed by atoms with Gasteiger partial charge in [-0.25, -0.2) is 0 Å². The summed E-state index contributed by atoms with van der Waals surface area (Å²) in [7, 11) is 0. The Morgan fingerprint density at radius 2 is 1.74 bits per heavy atom. The van der Waals surface area contributed by atoms with Gasteiger partial charge in [-0.3, -0.25) is 9.59 Å². The van der Waals surface area contributed by atoms with Gasteiger partial charge in [0.1, 0.15) is 6.04 Å². The van der Waals surface area contributed by atoms with Crippen LogP contribution in [0.2, 0.25) is 15.1 Å². The molecule has 0 bridgehead atoms. The highest BCUT2D eigenvalue weighted by molar-refractivity contribution is 7.99. The van der Waals surface area contributed by atoms with Crippen LogP contribution in [0.3, 0.4) is 0 Å². The van der Waals surface area contributed by atoms with Crippen LogP contribution in [-0.4, -0.2) is 35.1 Å². The van der Waals surface area contributed by atoms with Crippen LogP contribution in [0.5, 0.6) is 0 Å². The van der Waals surface area contributed by atoms with Gasteiger partial charge in [0, 0.05) is 33.9 Å². The van der Waals surface area contributed by atoms with E-state index in [1.54, 1.807) is 30.0 Å². The van der Waals surface area contributed by atoms with Gasteiger partial charge < -0.3 is 10.2 Å². The summed E-state index contributed by atoms with van der Waals surface area (Å²) in [5.74, 6) is 0.881. The van der Waals surface area contributed by atoms with Gasteiger partial charge in [-0.15, -0.1) is 11.8 Å². The van der Waals surface area contributed by atoms with Crippen LogP contribution in [0.4, 0.5) is 0 Å². The third-order valence-corrected chi connectivity index (χ3v) is 6.40. The molecule has 0 aliphatic carbocycles. The van der Waals surface area contributed by atoms with Crippen molar-refractivity contribution in [2.75, 3.05) is 12.3 Å². The molecule has 168 valence electrons. The standard InChI is InChI=1S/C23H27Cl3N2O2S/c1-15(2)11-27-23(30)16(3)28(12-18-7-8-20(25)10-21(18)26)22(29)14-31-13-17-5-4-6-19(24)9-17/h4-10,15-16H,11-14H2,1-3H3,(H,27,30)/t16-/m0/s1. The van der Waals surface area contributed by atoms with Gasteiger partial charge in [0.15, 0.2) is 0 Å². The summed E-state index contributed by atoms with van der Waals surface area (Å²) in [4.78, 5) is 27.3. The lowest BCUT2D eigenvalue weighted by atomic mass is 10.1. The summed E-state index contributed by atoms with van der Waals surface area (Å²) < 4.78 is 0. The number of benzene rings is 2. The van der Waals surface area contributed by atoms with Gasteiger partial charge in [-0.1, -0.05) is 66.8 Å². The molecule has 0 radical (unpaired) electrons. The second kappa shape index (κ2) is 12.6. The molecule has 0 fully saturated rings. The third-order valence-electron chi connectivity index (χ3n) is 4.59. The molecule has 1 atom stereocenters. The average molecular weight is 502 g/mol. The Labute approximate surface area is 203 Å². The molecule has 0 heterocycles. The van der Waals surface area contributed by atoms with E-state index in [-0.39, 0.29) is 24.1 Å². The Bertz CT molecular complexity index is 908. The number of halogens is 3. The van der Waals surface area contributed by atoms with E-state index in [9.17, 15) is 9.59 Å². The van der Waals surface area contributed by atoms with E-state index in [4.69, 9.17) is 34.8 Å². The molecule has 2 aromatic carbocycles. The minimum Gasteiger partial charge on any atom is -0.354 e. The SMILES string of the molecule is CC(C)CNC(=O)[C@H](C)N(Cc1ccc(Cl)cc1Cl)C(=O)CSCc1cccc(Cl)c1. The molecule has 8 heteroatoms. The molecule has 0 aliphatic heterocycles. The maximum absolute atomic E-state index is 13.1. The maximum Gasteiger partial charge on any atom is 0.242 e. The maximum atomic E-state index is 13.1. The van der Waals surface area contributed by atoms with Crippen LogP contribution in [0.15, 0.2) is 42.5 Å². The minimum absolute atomic E-state index is 0.134. The molecule has 0 spiro atoms. The van der Waals surface area contributed by atoms with E-state index in [0.717, 1.165) is 11.1 Å². The Balaban J connectivity index is 2.10. The molecule has 4 nitrogen and oxygen atoms in total. The van der Waals surface area contributed by atoms with Crippen molar-refractivity contribution in [2.45, 2.75) is 39.1 Å². The van der Waals surface area contributed by atoms with Crippen molar-refractivity contribution in [2.24, 2.45) is 5.92 Å². The highest BCUT2D eigenvalue weighted by Gasteiger charge is 2.26. The number of nitrogens with zero attached hydrogens (tertiary/aromatic N) is 1. The van der Waals surface area contributed by atoms with E-state index in [1.165, 1.54) is 11.8 Å². The first kappa shape index (κ1) is 25.9. The number of thioether (sulfide) groups is 1. The summed E-state index contributed by atoms with van der Waals surface area (Å²) in [5, 5.41) is 4.56. The Morgan fingerprint density at radius 1 is 1.03 bits per heavy atom. The molecule has 2 rings (SSSR count). The van der Waals surface area contributed by atoms with Crippen molar-refractivity contribution in [1.82, 2.24) is 10.2 Å².